The first-order valence-corrected chi connectivity index (χ1v) is 6.84. The first-order valence-electron chi connectivity index (χ1n) is 6.84. The Morgan fingerprint density at radius 3 is 2.68 bits per heavy atom. The van der Waals surface area contributed by atoms with Crippen LogP contribution in [0.2, 0.25) is 0 Å². The molecule has 4 heteroatoms. The Morgan fingerprint density at radius 2 is 1.95 bits per heavy atom. The molecule has 0 aliphatic carbocycles. The summed E-state index contributed by atoms with van der Waals surface area (Å²) in [5.74, 6) is 0. The predicted octanol–water partition coefficient (Wildman–Crippen LogP) is 2.41. The number of anilines is 1. The summed E-state index contributed by atoms with van der Waals surface area (Å²) < 4.78 is 7.39. The number of nitrogens with zero attached hydrogens (tertiary/aromatic N) is 3. The monoisotopic (exact) mass is 257 g/mol. The summed E-state index contributed by atoms with van der Waals surface area (Å²) in [7, 11) is 0. The van der Waals surface area contributed by atoms with E-state index in [0.29, 0.717) is 0 Å². The van der Waals surface area contributed by atoms with Crippen LogP contribution in [0.5, 0.6) is 0 Å². The quantitative estimate of drug-likeness (QED) is 0.846. The fraction of sp³-hybridized carbons (Fsp3) is 0.400. The number of ether oxygens (including phenoxy) is 1. The van der Waals surface area contributed by atoms with Crippen molar-refractivity contribution >= 4 is 5.69 Å². The van der Waals surface area contributed by atoms with Gasteiger partial charge in [-0.3, -0.25) is 4.68 Å². The van der Waals surface area contributed by atoms with Gasteiger partial charge in [-0.15, -0.1) is 0 Å². The van der Waals surface area contributed by atoms with Crippen LogP contribution in [-0.2, 0) is 11.3 Å². The van der Waals surface area contributed by atoms with E-state index in [0.717, 1.165) is 38.5 Å². The first-order chi connectivity index (χ1) is 9.38. The van der Waals surface area contributed by atoms with E-state index < -0.39 is 0 Å². The minimum absolute atomic E-state index is 0.803. The topological polar surface area (TPSA) is 30.3 Å². The van der Waals surface area contributed by atoms with Gasteiger partial charge in [-0.25, -0.2) is 0 Å². The second kappa shape index (κ2) is 5.45. The molecule has 0 spiro atoms. The van der Waals surface area contributed by atoms with Gasteiger partial charge in [0.25, 0.3) is 0 Å². The van der Waals surface area contributed by atoms with Gasteiger partial charge < -0.3 is 9.64 Å². The molecule has 0 radical (unpaired) electrons. The van der Waals surface area contributed by atoms with Gasteiger partial charge in [0.05, 0.1) is 18.9 Å². The largest absolute Gasteiger partial charge is 0.378 e. The summed E-state index contributed by atoms with van der Waals surface area (Å²) in [6.45, 7) is 6.51. The van der Waals surface area contributed by atoms with Crippen LogP contribution in [0.25, 0.3) is 11.3 Å². The average molecular weight is 257 g/mol. The summed E-state index contributed by atoms with van der Waals surface area (Å²) in [6, 6.07) is 10.6. The van der Waals surface area contributed by atoms with E-state index in [2.05, 4.69) is 47.3 Å². The van der Waals surface area contributed by atoms with Crippen molar-refractivity contribution in [1.29, 1.82) is 0 Å². The maximum Gasteiger partial charge on any atom is 0.0943 e. The second-order valence-electron chi connectivity index (χ2n) is 4.67. The van der Waals surface area contributed by atoms with E-state index in [1.165, 1.54) is 11.3 Å². The molecule has 100 valence electrons. The summed E-state index contributed by atoms with van der Waals surface area (Å²) >= 11 is 0. The van der Waals surface area contributed by atoms with Crippen molar-refractivity contribution in [2.24, 2.45) is 0 Å². The Labute approximate surface area is 113 Å². The lowest BCUT2D eigenvalue weighted by atomic mass is 10.1. The van der Waals surface area contributed by atoms with Gasteiger partial charge in [-0.1, -0.05) is 18.2 Å². The van der Waals surface area contributed by atoms with Crippen LogP contribution in [0.4, 0.5) is 5.69 Å². The van der Waals surface area contributed by atoms with Crippen LogP contribution in [0.15, 0.2) is 36.5 Å². The molecule has 1 aliphatic rings. The minimum Gasteiger partial charge on any atom is -0.378 e. The summed E-state index contributed by atoms with van der Waals surface area (Å²) in [5, 5.41) is 4.61. The standard InChI is InChI=1S/C15H19N3O/c1-2-18-8-7-14(16-18)13-5-3-4-6-15(13)17-9-11-19-12-10-17/h3-8H,2,9-12H2,1H3. The van der Waals surface area contributed by atoms with Gasteiger partial charge in [0.2, 0.25) is 0 Å². The molecule has 1 fully saturated rings. The Hall–Kier alpha value is -1.81. The first kappa shape index (κ1) is 12.2. The third kappa shape index (κ3) is 2.49. The van der Waals surface area contributed by atoms with Crippen molar-refractivity contribution < 1.29 is 4.74 Å². The third-order valence-corrected chi connectivity index (χ3v) is 3.50. The van der Waals surface area contributed by atoms with Gasteiger partial charge in [0.15, 0.2) is 0 Å². The van der Waals surface area contributed by atoms with Gasteiger partial charge in [0, 0.05) is 37.1 Å². The van der Waals surface area contributed by atoms with Crippen LogP contribution < -0.4 is 4.90 Å². The maximum atomic E-state index is 5.43. The molecule has 3 rings (SSSR count). The Balaban J connectivity index is 1.96. The van der Waals surface area contributed by atoms with Crippen molar-refractivity contribution in [2.45, 2.75) is 13.5 Å². The minimum atomic E-state index is 0.803. The molecule has 0 atom stereocenters. The molecule has 1 saturated heterocycles. The lowest BCUT2D eigenvalue weighted by Crippen LogP contribution is -2.36. The number of benzene rings is 1. The summed E-state index contributed by atoms with van der Waals surface area (Å²) in [6.07, 6.45) is 2.03. The van der Waals surface area contributed by atoms with Crippen molar-refractivity contribution in [2.75, 3.05) is 31.2 Å². The molecular weight excluding hydrogens is 238 g/mol. The Bertz CT molecular complexity index is 544. The van der Waals surface area contributed by atoms with Crippen LogP contribution in [0.1, 0.15) is 6.92 Å². The lowest BCUT2D eigenvalue weighted by Gasteiger charge is -2.30. The number of aryl methyl sites for hydroxylation is 1. The molecule has 2 aromatic rings. The molecule has 0 saturated carbocycles. The zero-order chi connectivity index (χ0) is 13.1. The molecule has 1 aliphatic heterocycles. The van der Waals surface area contributed by atoms with Crippen molar-refractivity contribution in [1.82, 2.24) is 9.78 Å². The van der Waals surface area contributed by atoms with E-state index >= 15 is 0 Å². The molecular formula is C15H19N3O. The maximum absolute atomic E-state index is 5.43. The third-order valence-electron chi connectivity index (χ3n) is 3.50. The normalized spacial score (nSPS) is 15.7. The Morgan fingerprint density at radius 1 is 1.16 bits per heavy atom. The fourth-order valence-corrected chi connectivity index (χ4v) is 2.45. The molecule has 2 heterocycles. The molecule has 1 aromatic heterocycles. The summed E-state index contributed by atoms with van der Waals surface area (Å²) in [5.41, 5.74) is 3.51. The van der Waals surface area contributed by atoms with Gasteiger partial charge in [-0.2, -0.15) is 5.10 Å². The van der Waals surface area contributed by atoms with E-state index in [9.17, 15) is 0 Å². The van der Waals surface area contributed by atoms with Crippen molar-refractivity contribution in [3.63, 3.8) is 0 Å². The molecule has 1 aromatic carbocycles. The molecule has 0 unspecified atom stereocenters. The van der Waals surface area contributed by atoms with Crippen LogP contribution in [0.3, 0.4) is 0 Å². The van der Waals surface area contributed by atoms with E-state index in [-0.39, 0.29) is 0 Å². The molecule has 0 N–H and O–H groups in total. The lowest BCUT2D eigenvalue weighted by molar-refractivity contribution is 0.123. The number of morpholine rings is 1. The molecule has 0 amide bonds. The van der Waals surface area contributed by atoms with Crippen LogP contribution in [0, 0.1) is 0 Å². The highest BCUT2D eigenvalue weighted by Gasteiger charge is 2.16. The number of aromatic nitrogens is 2. The van der Waals surface area contributed by atoms with Crippen molar-refractivity contribution in [3.05, 3.63) is 36.5 Å². The predicted molar refractivity (Wildman–Crippen MR) is 76.4 cm³/mol. The van der Waals surface area contributed by atoms with Gasteiger partial charge >= 0.3 is 0 Å². The van der Waals surface area contributed by atoms with E-state index in [1.807, 2.05) is 10.9 Å². The molecule has 0 bridgehead atoms. The van der Waals surface area contributed by atoms with E-state index in [1.54, 1.807) is 0 Å². The van der Waals surface area contributed by atoms with Crippen molar-refractivity contribution in [3.8, 4) is 11.3 Å². The number of hydrogen-bond donors (Lipinski definition) is 0. The molecule has 4 nitrogen and oxygen atoms in total. The van der Waals surface area contributed by atoms with Gasteiger partial charge in [0.1, 0.15) is 0 Å². The van der Waals surface area contributed by atoms with Crippen LogP contribution in [-0.4, -0.2) is 36.1 Å². The number of rotatable bonds is 3. The van der Waals surface area contributed by atoms with Crippen LogP contribution >= 0.6 is 0 Å². The zero-order valence-corrected chi connectivity index (χ0v) is 11.2. The Kier molecular flexibility index (Phi) is 3.51. The molecule has 19 heavy (non-hydrogen) atoms. The highest BCUT2D eigenvalue weighted by atomic mass is 16.5. The summed E-state index contributed by atoms with van der Waals surface area (Å²) in [4.78, 5) is 2.38. The SMILES string of the molecule is CCn1ccc(-c2ccccc2N2CCOCC2)n1. The van der Waals surface area contributed by atoms with Gasteiger partial charge in [-0.05, 0) is 19.1 Å². The average Bonchev–Trinajstić information content (AvgIpc) is 2.97. The smallest absolute Gasteiger partial charge is 0.0943 e. The highest BCUT2D eigenvalue weighted by molar-refractivity contribution is 5.76. The number of para-hydroxylation sites is 1. The van der Waals surface area contributed by atoms with E-state index in [4.69, 9.17) is 4.74 Å². The number of hydrogen-bond acceptors (Lipinski definition) is 3. The fourth-order valence-electron chi connectivity index (χ4n) is 2.45. The zero-order valence-electron chi connectivity index (χ0n) is 11.2. The highest BCUT2D eigenvalue weighted by Crippen LogP contribution is 2.29. The second-order valence-corrected chi connectivity index (χ2v) is 4.67.